The number of nitrogens with two attached hydrogens (primary N) is 1. The van der Waals surface area contributed by atoms with E-state index in [1.54, 1.807) is 12.1 Å². The lowest BCUT2D eigenvalue weighted by Gasteiger charge is -2.18. The van der Waals surface area contributed by atoms with Crippen LogP contribution in [0.1, 0.15) is 22.7 Å². The number of oxazole rings is 2. The van der Waals surface area contributed by atoms with E-state index in [1.165, 1.54) is 47.0 Å². The number of benzene rings is 2. The zero-order valence-electron chi connectivity index (χ0n) is 17.4. The summed E-state index contributed by atoms with van der Waals surface area (Å²) in [5.41, 5.74) is 5.13. The van der Waals surface area contributed by atoms with Crippen molar-refractivity contribution in [3.8, 4) is 12.0 Å². The Morgan fingerprint density at radius 3 is 2.46 bits per heavy atom. The number of nitriles is 1. The van der Waals surface area contributed by atoms with Gasteiger partial charge in [0.15, 0.2) is 0 Å². The van der Waals surface area contributed by atoms with Crippen molar-refractivity contribution < 1.29 is 18.7 Å². The van der Waals surface area contributed by atoms with Crippen molar-refractivity contribution in [3.05, 3.63) is 107 Å². The molecule has 13 nitrogen and oxygen atoms in total. The van der Waals surface area contributed by atoms with E-state index in [0.29, 0.717) is 11.1 Å². The Morgan fingerprint density at radius 2 is 1.77 bits per heavy atom. The number of rotatable bonds is 4. The Hall–Kier alpha value is -5.51. The fourth-order valence-electron chi connectivity index (χ4n) is 3.98. The molecule has 4 aromatic rings. The number of non-ortho nitro benzene ring substituents is 2. The first-order valence-electron chi connectivity index (χ1n) is 9.91. The minimum absolute atomic E-state index is 0.0180. The smallest absolute Gasteiger partial charge is 0.362 e. The second kappa shape index (κ2) is 7.81. The summed E-state index contributed by atoms with van der Waals surface area (Å²) >= 11 is 0. The van der Waals surface area contributed by atoms with Crippen molar-refractivity contribution in [2.75, 3.05) is 5.73 Å². The predicted octanol–water partition coefficient (Wildman–Crippen LogP) is 1.47. The number of hydrogen-bond donors (Lipinski definition) is 1. The second-order valence-corrected chi connectivity index (χ2v) is 7.46. The molecule has 0 aliphatic carbocycles. The number of nitro benzene ring substituents is 2. The number of aromatic nitrogens is 2. The van der Waals surface area contributed by atoms with Crippen LogP contribution in [-0.2, 0) is 0 Å². The highest BCUT2D eigenvalue weighted by atomic mass is 16.6. The normalized spacial score (nSPS) is 14.8. The third-order valence-electron chi connectivity index (χ3n) is 5.41. The number of anilines is 1. The molecule has 0 amide bonds. The van der Waals surface area contributed by atoms with Crippen molar-refractivity contribution in [2.45, 2.75) is 5.92 Å². The zero-order chi connectivity index (χ0) is 24.9. The van der Waals surface area contributed by atoms with E-state index in [2.05, 4.69) is 4.98 Å². The average molecular weight is 472 g/mol. The third-order valence-corrected chi connectivity index (χ3v) is 5.41. The molecule has 0 saturated carbocycles. The molecule has 13 heteroatoms. The molecule has 0 fully saturated rings. The Balaban J connectivity index is 1.84. The summed E-state index contributed by atoms with van der Waals surface area (Å²) in [7, 11) is 0. The Morgan fingerprint density at radius 1 is 1.09 bits per heavy atom. The van der Waals surface area contributed by atoms with Gasteiger partial charge in [0.25, 0.3) is 17.4 Å². The van der Waals surface area contributed by atoms with E-state index in [1.807, 2.05) is 6.07 Å². The monoisotopic (exact) mass is 472 g/mol. The number of nitrogen functional groups attached to an aromatic ring is 1. The molecule has 0 bridgehead atoms. The Kier molecular flexibility index (Phi) is 4.76. The fraction of sp³-hybridized carbons (Fsp3) is 0.0455. The van der Waals surface area contributed by atoms with Crippen LogP contribution in [0.3, 0.4) is 0 Å². The van der Waals surface area contributed by atoms with Crippen LogP contribution in [0, 0.1) is 31.6 Å². The van der Waals surface area contributed by atoms with Gasteiger partial charge in [0.2, 0.25) is 11.4 Å². The van der Waals surface area contributed by atoms with Crippen LogP contribution in [0.2, 0.25) is 0 Å². The topological polar surface area (TPSA) is 197 Å². The van der Waals surface area contributed by atoms with Crippen LogP contribution in [0.25, 0.3) is 17.5 Å². The van der Waals surface area contributed by atoms with E-state index in [4.69, 9.17) is 14.6 Å². The first-order valence-corrected chi connectivity index (χ1v) is 9.91. The maximum absolute atomic E-state index is 12.8. The minimum atomic E-state index is -0.966. The van der Waals surface area contributed by atoms with Crippen LogP contribution in [0.5, 0.6) is 0 Å². The number of fused-ring (bicyclic) bond motifs is 3. The molecule has 2 aromatic carbocycles. The quantitative estimate of drug-likeness (QED) is 0.335. The number of nitrogens with zero attached hydrogens (tertiary/aromatic N) is 5. The molecule has 1 aliphatic heterocycles. The molecule has 35 heavy (non-hydrogen) atoms. The summed E-state index contributed by atoms with van der Waals surface area (Å²) < 4.78 is 12.2. The highest BCUT2D eigenvalue weighted by molar-refractivity contribution is 5.73. The molecule has 0 spiro atoms. The lowest BCUT2D eigenvalue weighted by Crippen LogP contribution is -2.35. The molecule has 2 aromatic heterocycles. The van der Waals surface area contributed by atoms with Gasteiger partial charge in [-0.05, 0) is 17.2 Å². The lowest BCUT2D eigenvalue weighted by molar-refractivity contribution is -0.385. The maximum atomic E-state index is 12.8. The van der Waals surface area contributed by atoms with Gasteiger partial charge in [0, 0.05) is 24.3 Å². The highest BCUT2D eigenvalue weighted by Crippen LogP contribution is 2.38. The van der Waals surface area contributed by atoms with Crippen LogP contribution in [0.15, 0.2) is 62.2 Å². The van der Waals surface area contributed by atoms with Crippen molar-refractivity contribution in [3.63, 3.8) is 0 Å². The standard InChI is InChI=1S/C22H12N6O7/c23-10-15-17(12-4-2-6-14(9-12)28(32)33)18-20(35-22(24)25-18)26-16(21(29)34-19(15)26)8-11-3-1-5-13(7-11)27(30)31/h1-9,17H,(H2,24,25)/b16-8+/t17-/m0/s1. The van der Waals surface area contributed by atoms with E-state index in [9.17, 15) is 30.3 Å². The molecule has 1 aliphatic rings. The summed E-state index contributed by atoms with van der Waals surface area (Å²) in [6, 6.07) is 12.9. The average Bonchev–Trinajstić information content (AvgIpc) is 3.37. The van der Waals surface area contributed by atoms with Gasteiger partial charge >= 0.3 is 5.63 Å². The van der Waals surface area contributed by atoms with E-state index < -0.39 is 21.4 Å². The largest absolute Gasteiger partial charge is 0.406 e. The SMILES string of the molecule is N#CC1=c2oc(=O)/c(=C\c3cccc([N+](=O)[O-])c3)n2-c2oc(N)nc2[C@H]1c1cccc([N+](=O)[O-])c1. The molecule has 1 atom stereocenters. The third kappa shape index (κ3) is 3.42. The van der Waals surface area contributed by atoms with Crippen molar-refractivity contribution in [1.29, 1.82) is 5.26 Å². The first-order chi connectivity index (χ1) is 16.8. The first kappa shape index (κ1) is 21.3. The maximum Gasteiger partial charge on any atom is 0.362 e. The molecule has 2 N–H and O–H groups in total. The van der Waals surface area contributed by atoms with Crippen molar-refractivity contribution in [2.24, 2.45) is 0 Å². The lowest BCUT2D eigenvalue weighted by atomic mass is 9.87. The molecule has 0 unspecified atom stereocenters. The predicted molar refractivity (Wildman–Crippen MR) is 119 cm³/mol. The zero-order valence-corrected chi connectivity index (χ0v) is 17.4. The Labute approximate surface area is 193 Å². The number of hydrogen-bond acceptors (Lipinski definition) is 10. The van der Waals surface area contributed by atoms with Gasteiger partial charge in [-0.25, -0.2) is 9.36 Å². The minimum Gasteiger partial charge on any atom is -0.406 e. The van der Waals surface area contributed by atoms with Crippen LogP contribution in [-0.4, -0.2) is 19.4 Å². The molecule has 3 heterocycles. The van der Waals surface area contributed by atoms with Gasteiger partial charge in [-0.2, -0.15) is 10.2 Å². The van der Waals surface area contributed by atoms with Gasteiger partial charge in [-0.1, -0.05) is 24.3 Å². The second-order valence-electron chi connectivity index (χ2n) is 7.46. The van der Waals surface area contributed by atoms with Crippen LogP contribution < -0.4 is 22.3 Å². The molecule has 5 rings (SSSR count). The molecular weight excluding hydrogens is 460 g/mol. The fourth-order valence-corrected chi connectivity index (χ4v) is 3.98. The summed E-state index contributed by atoms with van der Waals surface area (Å²) in [6.45, 7) is 0. The van der Waals surface area contributed by atoms with Crippen molar-refractivity contribution >= 4 is 29.0 Å². The van der Waals surface area contributed by atoms with E-state index in [0.717, 1.165) is 0 Å². The summed E-state index contributed by atoms with van der Waals surface area (Å²) in [5, 5.41) is 32.3. The van der Waals surface area contributed by atoms with Gasteiger partial charge in [-0.15, -0.1) is 0 Å². The Bertz CT molecular complexity index is 1770. The number of nitro groups is 2. The molecule has 172 valence electrons. The van der Waals surface area contributed by atoms with Gasteiger partial charge in [0.1, 0.15) is 22.7 Å². The van der Waals surface area contributed by atoms with Crippen LogP contribution >= 0.6 is 0 Å². The summed E-state index contributed by atoms with van der Waals surface area (Å²) in [5.74, 6) is -0.984. The summed E-state index contributed by atoms with van der Waals surface area (Å²) in [6.07, 6.45) is 1.34. The van der Waals surface area contributed by atoms with Gasteiger partial charge < -0.3 is 14.6 Å². The molecule has 0 saturated heterocycles. The van der Waals surface area contributed by atoms with Crippen LogP contribution in [0.4, 0.5) is 17.4 Å². The molecule has 0 radical (unpaired) electrons. The van der Waals surface area contributed by atoms with Gasteiger partial charge in [-0.3, -0.25) is 20.2 Å². The summed E-state index contributed by atoms with van der Waals surface area (Å²) in [4.78, 5) is 38.3. The van der Waals surface area contributed by atoms with Gasteiger partial charge in [0.05, 0.1) is 15.8 Å². The van der Waals surface area contributed by atoms with E-state index >= 15 is 0 Å². The van der Waals surface area contributed by atoms with E-state index in [-0.39, 0.29) is 45.4 Å². The molecular formula is C22H12N6O7. The van der Waals surface area contributed by atoms with Crippen molar-refractivity contribution in [1.82, 2.24) is 9.55 Å². The highest BCUT2D eigenvalue weighted by Gasteiger charge is 2.36.